The first kappa shape index (κ1) is 11.5. The minimum absolute atomic E-state index is 0.558. The van der Waals surface area contributed by atoms with Gasteiger partial charge in [-0.2, -0.15) is 0 Å². The summed E-state index contributed by atoms with van der Waals surface area (Å²) in [6.45, 7) is 0.834. The average molecular weight is 278 g/mol. The largest absolute Gasteiger partial charge is 0.755 e. The first-order valence-corrected chi connectivity index (χ1v) is 6.18. The molecule has 14 heavy (non-hydrogen) atoms. The van der Waals surface area contributed by atoms with Gasteiger partial charge in [-0.15, -0.1) is 0 Å². The Hall–Kier alpha value is -0.590. The van der Waals surface area contributed by atoms with Crippen LogP contribution >= 0.6 is 15.9 Å². The SMILES string of the molecule is O=S([O-])Nc1ccc(NCCBr)cc1. The van der Waals surface area contributed by atoms with Gasteiger partial charge in [-0.25, -0.2) is 0 Å². The predicted octanol–water partition coefficient (Wildman–Crippen LogP) is 1.70. The maximum Gasteiger partial charge on any atom is 0.0453 e. The molecule has 0 saturated heterocycles. The fraction of sp³-hybridized carbons (Fsp3) is 0.250. The molecule has 2 N–H and O–H groups in total. The van der Waals surface area contributed by atoms with Gasteiger partial charge in [0.2, 0.25) is 0 Å². The zero-order valence-corrected chi connectivity index (χ0v) is 9.73. The highest BCUT2D eigenvalue weighted by molar-refractivity contribution is 9.09. The molecule has 1 aromatic carbocycles. The van der Waals surface area contributed by atoms with Crippen LogP contribution in [0.2, 0.25) is 0 Å². The van der Waals surface area contributed by atoms with E-state index in [1.54, 1.807) is 12.1 Å². The highest BCUT2D eigenvalue weighted by atomic mass is 79.9. The molecule has 1 rings (SSSR count). The van der Waals surface area contributed by atoms with Gasteiger partial charge in [0.25, 0.3) is 0 Å². The fourth-order valence-electron chi connectivity index (χ4n) is 0.944. The van der Waals surface area contributed by atoms with E-state index in [4.69, 9.17) is 0 Å². The van der Waals surface area contributed by atoms with Crippen LogP contribution in [0.5, 0.6) is 0 Å². The van der Waals surface area contributed by atoms with Gasteiger partial charge in [-0.05, 0) is 24.3 Å². The summed E-state index contributed by atoms with van der Waals surface area (Å²) in [6.07, 6.45) is 0. The van der Waals surface area contributed by atoms with Gasteiger partial charge in [0.15, 0.2) is 0 Å². The fourth-order valence-corrected chi connectivity index (χ4v) is 1.47. The quantitative estimate of drug-likeness (QED) is 0.636. The summed E-state index contributed by atoms with van der Waals surface area (Å²) in [7, 11) is 0. The van der Waals surface area contributed by atoms with Gasteiger partial charge in [-0.3, -0.25) is 4.21 Å². The maximum atomic E-state index is 10.3. The van der Waals surface area contributed by atoms with E-state index in [1.165, 1.54) is 0 Å². The second kappa shape index (κ2) is 6.00. The van der Waals surface area contributed by atoms with Gasteiger partial charge in [0, 0.05) is 34.5 Å². The minimum atomic E-state index is -2.26. The molecular formula is C8H10BrN2O2S-. The molecule has 0 aliphatic heterocycles. The van der Waals surface area contributed by atoms with Crippen molar-refractivity contribution in [1.29, 1.82) is 0 Å². The molecule has 78 valence electrons. The topological polar surface area (TPSA) is 64.2 Å². The third kappa shape index (κ3) is 4.08. The summed E-state index contributed by atoms with van der Waals surface area (Å²) in [6, 6.07) is 7.04. The van der Waals surface area contributed by atoms with Crippen LogP contribution < -0.4 is 10.0 Å². The van der Waals surface area contributed by atoms with Gasteiger partial charge in [-0.1, -0.05) is 15.9 Å². The molecule has 4 nitrogen and oxygen atoms in total. The first-order valence-electron chi connectivity index (χ1n) is 3.98. The molecule has 0 saturated carbocycles. The summed E-state index contributed by atoms with van der Waals surface area (Å²) in [5.41, 5.74) is 1.52. The van der Waals surface area contributed by atoms with Crippen LogP contribution in [-0.4, -0.2) is 20.6 Å². The molecule has 0 amide bonds. The second-order valence-corrected chi connectivity index (χ2v) is 4.00. The van der Waals surface area contributed by atoms with E-state index in [1.807, 2.05) is 12.1 Å². The van der Waals surface area contributed by atoms with Crippen molar-refractivity contribution in [3.05, 3.63) is 24.3 Å². The minimum Gasteiger partial charge on any atom is -0.755 e. The Kier molecular flexibility index (Phi) is 4.92. The zero-order valence-electron chi connectivity index (χ0n) is 7.33. The Bertz CT molecular complexity index is 305. The Labute approximate surface area is 93.6 Å². The molecule has 0 heterocycles. The van der Waals surface area contributed by atoms with Crippen LogP contribution in [0.3, 0.4) is 0 Å². The Morgan fingerprint density at radius 2 is 1.86 bits per heavy atom. The van der Waals surface area contributed by atoms with Crippen molar-refractivity contribution in [1.82, 2.24) is 0 Å². The van der Waals surface area contributed by atoms with Crippen molar-refractivity contribution in [2.75, 3.05) is 21.9 Å². The summed E-state index contributed by atoms with van der Waals surface area (Å²) < 4.78 is 22.9. The van der Waals surface area contributed by atoms with Crippen LogP contribution in [-0.2, 0) is 11.3 Å². The lowest BCUT2D eigenvalue weighted by Gasteiger charge is -2.09. The average Bonchev–Trinajstić information content (AvgIpc) is 2.16. The molecule has 0 aliphatic rings. The molecule has 0 spiro atoms. The van der Waals surface area contributed by atoms with Crippen molar-refractivity contribution in [3.63, 3.8) is 0 Å². The third-order valence-electron chi connectivity index (χ3n) is 1.51. The third-order valence-corrected chi connectivity index (χ3v) is 2.31. The van der Waals surface area contributed by atoms with Crippen molar-refractivity contribution in [2.45, 2.75) is 0 Å². The first-order chi connectivity index (χ1) is 6.72. The van der Waals surface area contributed by atoms with Crippen molar-refractivity contribution >= 4 is 38.6 Å². The lowest BCUT2D eigenvalue weighted by molar-refractivity contribution is 0.542. The number of halogens is 1. The molecule has 0 aromatic heterocycles. The summed E-state index contributed by atoms with van der Waals surface area (Å²) >= 11 is 1.04. The number of rotatable bonds is 5. The highest BCUT2D eigenvalue weighted by Gasteiger charge is 1.92. The number of alkyl halides is 1. The van der Waals surface area contributed by atoms with E-state index in [0.717, 1.165) is 17.6 Å². The molecule has 0 bridgehead atoms. The van der Waals surface area contributed by atoms with E-state index >= 15 is 0 Å². The van der Waals surface area contributed by atoms with Gasteiger partial charge < -0.3 is 14.6 Å². The second-order valence-electron chi connectivity index (χ2n) is 2.53. The predicted molar refractivity (Wildman–Crippen MR) is 61.3 cm³/mol. The Morgan fingerprint density at radius 3 is 2.36 bits per heavy atom. The van der Waals surface area contributed by atoms with E-state index in [0.29, 0.717) is 5.69 Å². The summed E-state index contributed by atoms with van der Waals surface area (Å²) in [5.74, 6) is 0. The summed E-state index contributed by atoms with van der Waals surface area (Å²) in [5, 5.41) is 4.02. The van der Waals surface area contributed by atoms with Crippen molar-refractivity contribution < 1.29 is 8.76 Å². The standard InChI is InChI=1S/C8H11BrN2O2S/c9-5-6-10-7-1-3-8(4-2-7)11-14(12)13/h1-4,10-11H,5-6H2,(H,12,13)/p-1. The zero-order chi connectivity index (χ0) is 10.4. The smallest absolute Gasteiger partial charge is 0.0453 e. The lowest BCUT2D eigenvalue weighted by Crippen LogP contribution is -2.04. The van der Waals surface area contributed by atoms with Crippen molar-refractivity contribution in [2.24, 2.45) is 0 Å². The number of hydrogen-bond donors (Lipinski definition) is 2. The number of benzene rings is 1. The molecular weight excluding hydrogens is 268 g/mol. The molecule has 0 aliphatic carbocycles. The molecule has 1 unspecified atom stereocenters. The monoisotopic (exact) mass is 277 g/mol. The summed E-state index contributed by atoms with van der Waals surface area (Å²) in [4.78, 5) is 0. The number of hydrogen-bond acceptors (Lipinski definition) is 3. The van der Waals surface area contributed by atoms with Crippen molar-refractivity contribution in [3.8, 4) is 0 Å². The van der Waals surface area contributed by atoms with Crippen LogP contribution in [0.25, 0.3) is 0 Å². The van der Waals surface area contributed by atoms with Gasteiger partial charge >= 0.3 is 0 Å². The molecule has 1 aromatic rings. The van der Waals surface area contributed by atoms with Gasteiger partial charge in [0.05, 0.1) is 0 Å². The molecule has 1 atom stereocenters. The van der Waals surface area contributed by atoms with E-state index in [-0.39, 0.29) is 0 Å². The van der Waals surface area contributed by atoms with E-state index < -0.39 is 11.3 Å². The maximum absolute atomic E-state index is 10.3. The Morgan fingerprint density at radius 1 is 1.29 bits per heavy atom. The molecule has 0 radical (unpaired) electrons. The molecule has 6 heteroatoms. The van der Waals surface area contributed by atoms with E-state index in [9.17, 15) is 8.76 Å². The van der Waals surface area contributed by atoms with Crippen LogP contribution in [0, 0.1) is 0 Å². The highest BCUT2D eigenvalue weighted by Crippen LogP contribution is 2.13. The molecule has 0 fully saturated rings. The lowest BCUT2D eigenvalue weighted by atomic mass is 10.3. The Balaban J connectivity index is 2.54. The van der Waals surface area contributed by atoms with Crippen LogP contribution in [0.15, 0.2) is 24.3 Å². The van der Waals surface area contributed by atoms with E-state index in [2.05, 4.69) is 26.0 Å². The number of anilines is 2. The number of nitrogens with one attached hydrogen (secondary N) is 2. The normalized spacial score (nSPS) is 12.1. The van der Waals surface area contributed by atoms with Gasteiger partial charge in [0.1, 0.15) is 0 Å². The van der Waals surface area contributed by atoms with Crippen LogP contribution in [0.1, 0.15) is 0 Å². The van der Waals surface area contributed by atoms with Crippen LogP contribution in [0.4, 0.5) is 11.4 Å².